The van der Waals surface area contributed by atoms with Gasteiger partial charge < -0.3 is 11.1 Å². The van der Waals surface area contributed by atoms with Crippen LogP contribution in [0.1, 0.15) is 30.6 Å². The topological polar surface area (TPSA) is 72.9 Å². The Morgan fingerprint density at radius 2 is 2.33 bits per heavy atom. The van der Waals surface area contributed by atoms with Crippen molar-refractivity contribution >= 4 is 17.7 Å². The molecule has 1 heterocycles. The molecule has 3 N–H and O–H groups in total. The Labute approximate surface area is 112 Å². The van der Waals surface area contributed by atoms with Crippen LogP contribution in [-0.2, 0) is 11.8 Å². The lowest BCUT2D eigenvalue weighted by Crippen LogP contribution is -2.42. The van der Waals surface area contributed by atoms with Gasteiger partial charge in [-0.3, -0.25) is 9.48 Å². The zero-order chi connectivity index (χ0) is 13.7. The molecule has 0 radical (unpaired) electrons. The van der Waals surface area contributed by atoms with Crippen molar-refractivity contribution in [2.45, 2.75) is 32.4 Å². The van der Waals surface area contributed by atoms with Gasteiger partial charge in [-0.1, -0.05) is 0 Å². The van der Waals surface area contributed by atoms with E-state index in [9.17, 15) is 4.79 Å². The van der Waals surface area contributed by atoms with Crippen molar-refractivity contribution in [2.24, 2.45) is 12.8 Å². The molecule has 0 aliphatic rings. The molecule has 6 heteroatoms. The minimum Gasteiger partial charge on any atom is -0.348 e. The molecule has 2 atom stereocenters. The Morgan fingerprint density at radius 3 is 2.83 bits per heavy atom. The van der Waals surface area contributed by atoms with Gasteiger partial charge in [-0.2, -0.15) is 16.9 Å². The third-order valence-electron chi connectivity index (χ3n) is 3.07. The van der Waals surface area contributed by atoms with Crippen LogP contribution in [-0.4, -0.2) is 33.7 Å². The quantitative estimate of drug-likeness (QED) is 0.808. The largest absolute Gasteiger partial charge is 0.348 e. The lowest BCUT2D eigenvalue weighted by Gasteiger charge is -2.17. The van der Waals surface area contributed by atoms with E-state index in [0.29, 0.717) is 6.42 Å². The molecule has 1 amide bonds. The molecule has 0 aliphatic carbocycles. The van der Waals surface area contributed by atoms with Crippen LogP contribution in [0.2, 0.25) is 0 Å². The first kappa shape index (κ1) is 15.0. The zero-order valence-corrected chi connectivity index (χ0v) is 12.3. The number of hydrogen-bond donors (Lipinski definition) is 2. The number of rotatable bonds is 6. The normalized spacial score (nSPS) is 14.3. The number of nitrogens with zero attached hydrogens (tertiary/aromatic N) is 2. The average molecular weight is 270 g/mol. The van der Waals surface area contributed by atoms with Crippen molar-refractivity contribution in [2.75, 3.05) is 12.0 Å². The van der Waals surface area contributed by atoms with Gasteiger partial charge in [0, 0.05) is 18.3 Å². The standard InChI is InChI=1S/C12H22N4OS/c1-8(10-7-14-16(3)9(10)2)15-12(17)11(13)5-6-18-4/h7-8,11H,5-6,13H2,1-4H3,(H,15,17)/t8?,11-/m1/s1. The van der Waals surface area contributed by atoms with Crippen LogP contribution >= 0.6 is 11.8 Å². The maximum atomic E-state index is 11.9. The first-order chi connectivity index (χ1) is 8.47. The van der Waals surface area contributed by atoms with Gasteiger partial charge in [-0.15, -0.1) is 0 Å². The number of carbonyl (C=O) groups excluding carboxylic acids is 1. The van der Waals surface area contributed by atoms with E-state index in [1.807, 2.05) is 27.2 Å². The van der Waals surface area contributed by atoms with Crippen molar-refractivity contribution in [3.63, 3.8) is 0 Å². The summed E-state index contributed by atoms with van der Waals surface area (Å²) in [5.74, 6) is 0.800. The van der Waals surface area contributed by atoms with Crippen molar-refractivity contribution in [1.82, 2.24) is 15.1 Å². The summed E-state index contributed by atoms with van der Waals surface area (Å²) in [7, 11) is 1.89. The average Bonchev–Trinajstić information content (AvgIpc) is 2.66. The fourth-order valence-corrected chi connectivity index (χ4v) is 2.20. The number of carbonyl (C=O) groups is 1. The Bertz CT molecular complexity index is 405. The first-order valence-electron chi connectivity index (χ1n) is 6.00. The minimum absolute atomic E-state index is 0.0634. The minimum atomic E-state index is -0.433. The van der Waals surface area contributed by atoms with Gasteiger partial charge in [0.2, 0.25) is 5.91 Å². The SMILES string of the molecule is CSCC[C@@H](N)C(=O)NC(C)c1cnn(C)c1C. The summed E-state index contributed by atoms with van der Waals surface area (Å²) in [5.41, 5.74) is 7.91. The number of nitrogens with one attached hydrogen (secondary N) is 1. The lowest BCUT2D eigenvalue weighted by atomic mass is 10.1. The predicted molar refractivity (Wildman–Crippen MR) is 75.5 cm³/mol. The molecule has 0 aromatic carbocycles. The highest BCUT2D eigenvalue weighted by Crippen LogP contribution is 2.16. The summed E-state index contributed by atoms with van der Waals surface area (Å²) in [5, 5.41) is 7.10. The highest BCUT2D eigenvalue weighted by atomic mass is 32.2. The lowest BCUT2D eigenvalue weighted by molar-refractivity contribution is -0.123. The second kappa shape index (κ2) is 6.80. The van der Waals surface area contributed by atoms with E-state index in [4.69, 9.17) is 5.73 Å². The molecule has 5 nitrogen and oxygen atoms in total. The second-order valence-corrected chi connectivity index (χ2v) is 5.41. The highest BCUT2D eigenvalue weighted by molar-refractivity contribution is 7.98. The van der Waals surface area contributed by atoms with Crippen LogP contribution < -0.4 is 11.1 Å². The van der Waals surface area contributed by atoms with Crippen LogP contribution in [0.4, 0.5) is 0 Å². The fourth-order valence-electron chi connectivity index (χ4n) is 1.71. The third-order valence-corrected chi connectivity index (χ3v) is 3.71. The van der Waals surface area contributed by atoms with Gasteiger partial charge in [0.15, 0.2) is 0 Å². The molecular weight excluding hydrogens is 248 g/mol. The number of amides is 1. The summed E-state index contributed by atoms with van der Waals surface area (Å²) in [4.78, 5) is 11.9. The second-order valence-electron chi connectivity index (χ2n) is 4.43. The monoisotopic (exact) mass is 270 g/mol. The predicted octanol–water partition coefficient (Wildman–Crippen LogP) is 0.986. The number of aryl methyl sites for hydroxylation is 1. The number of thioether (sulfide) groups is 1. The smallest absolute Gasteiger partial charge is 0.237 e. The maximum Gasteiger partial charge on any atom is 0.237 e. The molecule has 0 saturated heterocycles. The number of hydrogen-bond acceptors (Lipinski definition) is 4. The molecule has 0 fully saturated rings. The van der Waals surface area contributed by atoms with Gasteiger partial charge in [0.25, 0.3) is 0 Å². The van der Waals surface area contributed by atoms with Crippen molar-refractivity contribution in [3.05, 3.63) is 17.5 Å². The Balaban J connectivity index is 2.56. The zero-order valence-electron chi connectivity index (χ0n) is 11.4. The number of aromatic nitrogens is 2. The Hall–Kier alpha value is -1.01. The molecule has 1 aromatic rings. The molecule has 1 rings (SSSR count). The molecule has 0 bridgehead atoms. The van der Waals surface area contributed by atoms with E-state index in [0.717, 1.165) is 17.0 Å². The van der Waals surface area contributed by atoms with Gasteiger partial charge in [0.05, 0.1) is 18.3 Å². The van der Waals surface area contributed by atoms with E-state index in [2.05, 4.69) is 10.4 Å². The summed E-state index contributed by atoms with van der Waals surface area (Å²) in [6, 6.07) is -0.497. The van der Waals surface area contributed by atoms with E-state index < -0.39 is 6.04 Å². The first-order valence-corrected chi connectivity index (χ1v) is 7.40. The fraction of sp³-hybridized carbons (Fsp3) is 0.667. The summed E-state index contributed by atoms with van der Waals surface area (Å²) in [6.07, 6.45) is 4.49. The molecule has 18 heavy (non-hydrogen) atoms. The van der Waals surface area contributed by atoms with Crippen LogP contribution in [0, 0.1) is 6.92 Å². The van der Waals surface area contributed by atoms with E-state index in [-0.39, 0.29) is 11.9 Å². The van der Waals surface area contributed by atoms with E-state index in [1.54, 1.807) is 22.6 Å². The van der Waals surface area contributed by atoms with Gasteiger partial charge in [-0.25, -0.2) is 0 Å². The van der Waals surface area contributed by atoms with Crippen LogP contribution in [0.15, 0.2) is 6.20 Å². The van der Waals surface area contributed by atoms with Crippen molar-refractivity contribution < 1.29 is 4.79 Å². The molecule has 1 unspecified atom stereocenters. The number of nitrogens with two attached hydrogens (primary N) is 1. The summed E-state index contributed by atoms with van der Waals surface area (Å²) in [6.45, 7) is 3.93. The molecule has 0 aliphatic heterocycles. The van der Waals surface area contributed by atoms with Crippen LogP contribution in [0.3, 0.4) is 0 Å². The van der Waals surface area contributed by atoms with Crippen LogP contribution in [0.5, 0.6) is 0 Å². The Kier molecular flexibility index (Phi) is 5.68. The summed E-state index contributed by atoms with van der Waals surface area (Å²) < 4.78 is 1.80. The van der Waals surface area contributed by atoms with Crippen molar-refractivity contribution in [3.8, 4) is 0 Å². The van der Waals surface area contributed by atoms with Crippen molar-refractivity contribution in [1.29, 1.82) is 0 Å². The third kappa shape index (κ3) is 3.74. The van der Waals surface area contributed by atoms with Crippen LogP contribution in [0.25, 0.3) is 0 Å². The van der Waals surface area contributed by atoms with Gasteiger partial charge >= 0.3 is 0 Å². The molecule has 102 valence electrons. The van der Waals surface area contributed by atoms with Gasteiger partial charge in [-0.05, 0) is 32.3 Å². The van der Waals surface area contributed by atoms with Gasteiger partial charge in [0.1, 0.15) is 0 Å². The summed E-state index contributed by atoms with van der Waals surface area (Å²) >= 11 is 1.70. The Morgan fingerprint density at radius 1 is 1.67 bits per heavy atom. The molecule has 1 aromatic heterocycles. The van der Waals surface area contributed by atoms with E-state index >= 15 is 0 Å². The maximum absolute atomic E-state index is 11.9. The molecule has 0 saturated carbocycles. The van der Waals surface area contributed by atoms with E-state index in [1.165, 1.54) is 0 Å². The molecular formula is C12H22N4OS. The highest BCUT2D eigenvalue weighted by Gasteiger charge is 2.18. The molecule has 0 spiro atoms.